The van der Waals surface area contributed by atoms with E-state index in [1.165, 1.54) is 24.8 Å². The Hall–Kier alpha value is -1.56. The van der Waals surface area contributed by atoms with Crippen LogP contribution in [-0.2, 0) is 18.2 Å². The Labute approximate surface area is 138 Å². The molecule has 23 heavy (non-hydrogen) atoms. The molecule has 6 heteroatoms. The van der Waals surface area contributed by atoms with Gasteiger partial charge in [-0.3, -0.25) is 9.67 Å². The Morgan fingerprint density at radius 3 is 2.96 bits per heavy atom. The number of aryl methyl sites for hydroxylation is 1. The highest BCUT2D eigenvalue weighted by Gasteiger charge is 2.25. The molecular formula is C17H29N5O. The molecule has 1 unspecified atom stereocenters. The first-order chi connectivity index (χ1) is 11.2. The van der Waals surface area contributed by atoms with E-state index in [0.29, 0.717) is 5.92 Å². The lowest BCUT2D eigenvalue weighted by Gasteiger charge is -2.21. The first kappa shape index (κ1) is 16.3. The van der Waals surface area contributed by atoms with E-state index in [1.54, 1.807) is 0 Å². The second-order valence-corrected chi connectivity index (χ2v) is 6.82. The van der Waals surface area contributed by atoms with Crippen LogP contribution in [0.1, 0.15) is 24.8 Å². The standard InChI is InChI=1S/C17H29N5O/c1-18-17(19-6-8-23-13-14-3-4-14)22-7-5-15(12-22)9-16-10-20-21(2)11-16/h10-11,14-15H,3-9,12-13H2,1-2H3,(H,18,19). The molecule has 1 aromatic heterocycles. The number of hydrogen-bond acceptors (Lipinski definition) is 3. The van der Waals surface area contributed by atoms with Gasteiger partial charge in [-0.15, -0.1) is 0 Å². The fraction of sp³-hybridized carbons (Fsp3) is 0.765. The molecular weight excluding hydrogens is 290 g/mol. The van der Waals surface area contributed by atoms with E-state index in [0.717, 1.165) is 51.1 Å². The highest BCUT2D eigenvalue weighted by Crippen LogP contribution is 2.28. The largest absolute Gasteiger partial charge is 0.379 e. The van der Waals surface area contributed by atoms with Crippen molar-refractivity contribution in [3.05, 3.63) is 18.0 Å². The molecule has 6 nitrogen and oxygen atoms in total. The summed E-state index contributed by atoms with van der Waals surface area (Å²) in [7, 11) is 3.84. The molecule has 0 bridgehead atoms. The Morgan fingerprint density at radius 1 is 1.39 bits per heavy atom. The monoisotopic (exact) mass is 319 g/mol. The minimum atomic E-state index is 0.684. The van der Waals surface area contributed by atoms with Gasteiger partial charge in [0.15, 0.2) is 5.96 Å². The van der Waals surface area contributed by atoms with Crippen LogP contribution < -0.4 is 5.32 Å². The van der Waals surface area contributed by atoms with E-state index in [-0.39, 0.29) is 0 Å². The van der Waals surface area contributed by atoms with Crippen molar-refractivity contribution in [3.8, 4) is 0 Å². The molecule has 0 amide bonds. The average molecular weight is 319 g/mol. The van der Waals surface area contributed by atoms with E-state index in [4.69, 9.17) is 4.74 Å². The maximum atomic E-state index is 5.67. The summed E-state index contributed by atoms with van der Waals surface area (Å²) in [6, 6.07) is 0. The summed E-state index contributed by atoms with van der Waals surface area (Å²) < 4.78 is 7.55. The zero-order chi connectivity index (χ0) is 16.1. The van der Waals surface area contributed by atoms with Crippen molar-refractivity contribution >= 4 is 5.96 Å². The molecule has 2 heterocycles. The summed E-state index contributed by atoms with van der Waals surface area (Å²) in [6.07, 6.45) is 9.11. The van der Waals surface area contributed by atoms with E-state index in [9.17, 15) is 0 Å². The molecule has 0 aromatic carbocycles. The van der Waals surface area contributed by atoms with Crippen molar-refractivity contribution in [1.82, 2.24) is 20.0 Å². The van der Waals surface area contributed by atoms with Gasteiger partial charge in [0.05, 0.1) is 12.8 Å². The van der Waals surface area contributed by atoms with Crippen LogP contribution >= 0.6 is 0 Å². The molecule has 0 radical (unpaired) electrons. The summed E-state index contributed by atoms with van der Waals surface area (Å²) in [5.41, 5.74) is 1.33. The number of hydrogen-bond donors (Lipinski definition) is 1. The fourth-order valence-electron chi connectivity index (χ4n) is 3.20. The maximum Gasteiger partial charge on any atom is 0.193 e. The highest BCUT2D eigenvalue weighted by atomic mass is 16.5. The minimum absolute atomic E-state index is 0.684. The number of guanidine groups is 1. The molecule has 1 aromatic rings. The van der Waals surface area contributed by atoms with E-state index in [1.807, 2.05) is 25.0 Å². The average Bonchev–Trinajstić information content (AvgIpc) is 3.11. The van der Waals surface area contributed by atoms with Crippen molar-refractivity contribution in [2.24, 2.45) is 23.9 Å². The smallest absolute Gasteiger partial charge is 0.193 e. The molecule has 128 valence electrons. The Kier molecular flexibility index (Phi) is 5.54. The molecule has 1 aliphatic heterocycles. The summed E-state index contributed by atoms with van der Waals surface area (Å²) >= 11 is 0. The van der Waals surface area contributed by atoms with Crippen molar-refractivity contribution in [2.45, 2.75) is 25.7 Å². The number of nitrogens with one attached hydrogen (secondary N) is 1. The third-order valence-corrected chi connectivity index (χ3v) is 4.66. The third kappa shape index (κ3) is 4.96. The van der Waals surface area contributed by atoms with Gasteiger partial charge >= 0.3 is 0 Å². The summed E-state index contributed by atoms with van der Waals surface area (Å²) in [4.78, 5) is 6.78. The number of aromatic nitrogens is 2. The topological polar surface area (TPSA) is 54.7 Å². The summed E-state index contributed by atoms with van der Waals surface area (Å²) in [5.74, 6) is 2.53. The Bertz CT molecular complexity index is 523. The molecule has 3 rings (SSSR count). The van der Waals surface area contributed by atoms with Crippen molar-refractivity contribution in [2.75, 3.05) is 39.9 Å². The van der Waals surface area contributed by atoms with Gasteiger partial charge in [0, 0.05) is 46.5 Å². The van der Waals surface area contributed by atoms with Crippen LogP contribution in [0, 0.1) is 11.8 Å². The van der Waals surface area contributed by atoms with Gasteiger partial charge in [-0.25, -0.2) is 0 Å². The van der Waals surface area contributed by atoms with Gasteiger partial charge in [0.25, 0.3) is 0 Å². The fourth-order valence-corrected chi connectivity index (χ4v) is 3.20. The van der Waals surface area contributed by atoms with Crippen LogP contribution in [0.25, 0.3) is 0 Å². The predicted molar refractivity (Wildman–Crippen MR) is 91.5 cm³/mol. The van der Waals surface area contributed by atoms with Crippen LogP contribution in [0.2, 0.25) is 0 Å². The lowest BCUT2D eigenvalue weighted by Crippen LogP contribution is -2.41. The second-order valence-electron chi connectivity index (χ2n) is 6.82. The van der Waals surface area contributed by atoms with E-state index >= 15 is 0 Å². The van der Waals surface area contributed by atoms with Gasteiger partial charge in [0.1, 0.15) is 0 Å². The van der Waals surface area contributed by atoms with Gasteiger partial charge in [-0.2, -0.15) is 5.10 Å². The number of rotatable bonds is 7. The summed E-state index contributed by atoms with van der Waals surface area (Å²) in [6.45, 7) is 4.67. The van der Waals surface area contributed by atoms with Crippen LogP contribution in [0.15, 0.2) is 17.4 Å². The van der Waals surface area contributed by atoms with E-state index < -0.39 is 0 Å². The maximum absolute atomic E-state index is 5.67. The zero-order valence-electron chi connectivity index (χ0n) is 14.4. The lowest BCUT2D eigenvalue weighted by atomic mass is 10.0. The van der Waals surface area contributed by atoms with Crippen molar-refractivity contribution in [1.29, 1.82) is 0 Å². The van der Waals surface area contributed by atoms with Gasteiger partial charge in [0.2, 0.25) is 0 Å². The second kappa shape index (κ2) is 7.81. The number of likely N-dealkylation sites (tertiary alicyclic amines) is 1. The molecule has 1 aliphatic carbocycles. The molecule has 1 saturated heterocycles. The molecule has 2 fully saturated rings. The molecule has 1 saturated carbocycles. The minimum Gasteiger partial charge on any atom is -0.379 e. The first-order valence-corrected chi connectivity index (χ1v) is 8.75. The Balaban J connectivity index is 1.37. The number of ether oxygens (including phenoxy) is 1. The Morgan fingerprint density at radius 2 is 2.26 bits per heavy atom. The normalized spacial score (nSPS) is 21.9. The van der Waals surface area contributed by atoms with Crippen molar-refractivity contribution in [3.63, 3.8) is 0 Å². The predicted octanol–water partition coefficient (Wildman–Crippen LogP) is 1.29. The molecule has 0 spiro atoms. The van der Waals surface area contributed by atoms with Gasteiger partial charge < -0.3 is 15.0 Å². The SMILES string of the molecule is CN=C(NCCOCC1CC1)N1CCC(Cc2cnn(C)c2)C1. The first-order valence-electron chi connectivity index (χ1n) is 8.75. The summed E-state index contributed by atoms with van der Waals surface area (Å²) in [5, 5.41) is 7.69. The number of aliphatic imine (C=N–C) groups is 1. The third-order valence-electron chi connectivity index (χ3n) is 4.66. The van der Waals surface area contributed by atoms with Gasteiger partial charge in [-0.05, 0) is 43.1 Å². The molecule has 1 N–H and O–H groups in total. The van der Waals surface area contributed by atoms with Crippen LogP contribution in [-0.4, -0.2) is 60.5 Å². The number of nitrogens with zero attached hydrogens (tertiary/aromatic N) is 4. The lowest BCUT2D eigenvalue weighted by molar-refractivity contribution is 0.128. The van der Waals surface area contributed by atoms with Crippen molar-refractivity contribution < 1.29 is 4.74 Å². The zero-order valence-corrected chi connectivity index (χ0v) is 14.4. The van der Waals surface area contributed by atoms with E-state index in [2.05, 4.69) is 26.5 Å². The molecule has 1 atom stereocenters. The van der Waals surface area contributed by atoms with Crippen LogP contribution in [0.5, 0.6) is 0 Å². The van der Waals surface area contributed by atoms with Crippen LogP contribution in [0.3, 0.4) is 0 Å². The van der Waals surface area contributed by atoms with Crippen LogP contribution in [0.4, 0.5) is 0 Å². The highest BCUT2D eigenvalue weighted by molar-refractivity contribution is 5.80. The van der Waals surface area contributed by atoms with Gasteiger partial charge in [-0.1, -0.05) is 0 Å². The quantitative estimate of drug-likeness (QED) is 0.467. The molecule has 2 aliphatic rings.